The van der Waals surface area contributed by atoms with Gasteiger partial charge in [0, 0.05) is 28.8 Å². The summed E-state index contributed by atoms with van der Waals surface area (Å²) in [6.07, 6.45) is 0. The maximum absolute atomic E-state index is 13.2. The van der Waals surface area contributed by atoms with Gasteiger partial charge < -0.3 is 10.0 Å². The van der Waals surface area contributed by atoms with E-state index in [9.17, 15) is 9.90 Å². The van der Waals surface area contributed by atoms with Gasteiger partial charge in [-0.05, 0) is 40.7 Å². The lowest BCUT2D eigenvalue weighted by Crippen LogP contribution is -2.30. The van der Waals surface area contributed by atoms with Gasteiger partial charge in [0.15, 0.2) is 5.78 Å². The molecule has 0 aromatic heterocycles. The number of halogens is 2. The Morgan fingerprint density at radius 3 is 2.00 bits per heavy atom. The van der Waals surface area contributed by atoms with Crippen LogP contribution in [-0.2, 0) is 17.4 Å². The molecule has 0 saturated carbocycles. The fourth-order valence-electron chi connectivity index (χ4n) is 3.73. The number of fused-ring (bicyclic) bond motifs is 1. The van der Waals surface area contributed by atoms with Gasteiger partial charge in [-0.3, -0.25) is 10.2 Å². The highest BCUT2D eigenvalue weighted by Gasteiger charge is 2.30. The van der Waals surface area contributed by atoms with Gasteiger partial charge in [-0.25, -0.2) is 0 Å². The van der Waals surface area contributed by atoms with Gasteiger partial charge in [0.25, 0.3) is 0 Å². The number of amidine groups is 1. The molecule has 2 aromatic carbocycles. The first-order chi connectivity index (χ1) is 13.7. The fraction of sp³-hybridized carbons (Fsp3) is 0.417. The van der Waals surface area contributed by atoms with E-state index >= 15 is 0 Å². The van der Waals surface area contributed by atoms with Crippen molar-refractivity contribution in [3.05, 3.63) is 62.1 Å². The third-order valence-corrected chi connectivity index (χ3v) is 6.18. The van der Waals surface area contributed by atoms with Crippen LogP contribution in [0.25, 0.3) is 0 Å². The highest BCUT2D eigenvalue weighted by atomic mass is 35.5. The summed E-state index contributed by atoms with van der Waals surface area (Å²) in [4.78, 5) is 15.0. The molecule has 0 unspecified atom stereocenters. The van der Waals surface area contributed by atoms with Crippen molar-refractivity contribution >= 4 is 34.8 Å². The summed E-state index contributed by atoms with van der Waals surface area (Å²) in [5.41, 5.74) is 3.00. The molecule has 0 saturated heterocycles. The number of aromatic hydroxyl groups is 1. The Balaban J connectivity index is 1.95. The smallest absolute Gasteiger partial charge is 0.182 e. The summed E-state index contributed by atoms with van der Waals surface area (Å²) in [6, 6.07) is 7.01. The number of phenols is 1. The van der Waals surface area contributed by atoms with E-state index < -0.39 is 0 Å². The van der Waals surface area contributed by atoms with Crippen molar-refractivity contribution in [2.45, 2.75) is 58.9 Å². The normalized spacial score (nSPS) is 14.3. The summed E-state index contributed by atoms with van der Waals surface area (Å²) in [5.74, 6) is 0.417. The van der Waals surface area contributed by atoms with Crippen molar-refractivity contribution in [3.8, 4) is 5.75 Å². The van der Waals surface area contributed by atoms with E-state index in [2.05, 4.69) is 0 Å². The topological polar surface area (TPSA) is 64.4 Å². The Kier molecular flexibility index (Phi) is 5.72. The number of rotatable bonds is 3. The van der Waals surface area contributed by atoms with Crippen molar-refractivity contribution in [2.75, 3.05) is 6.54 Å². The molecule has 1 aliphatic heterocycles. The van der Waals surface area contributed by atoms with Crippen LogP contribution >= 0.6 is 23.2 Å². The molecule has 160 valence electrons. The molecular formula is C24H28Cl2N2O2. The quantitative estimate of drug-likeness (QED) is 0.542. The number of hydrogen-bond donors (Lipinski definition) is 2. The number of carbonyl (C=O) groups is 1. The molecule has 0 aliphatic carbocycles. The molecule has 1 heterocycles. The second kappa shape index (κ2) is 7.58. The first kappa shape index (κ1) is 22.6. The molecule has 0 bridgehead atoms. The summed E-state index contributed by atoms with van der Waals surface area (Å²) in [5, 5.41) is 20.2. The highest BCUT2D eigenvalue weighted by Crippen LogP contribution is 2.40. The van der Waals surface area contributed by atoms with Crippen LogP contribution in [0.5, 0.6) is 5.75 Å². The van der Waals surface area contributed by atoms with Crippen LogP contribution in [0.3, 0.4) is 0 Å². The minimum Gasteiger partial charge on any atom is -0.507 e. The molecule has 1 aliphatic rings. The van der Waals surface area contributed by atoms with E-state index in [-0.39, 0.29) is 34.7 Å². The van der Waals surface area contributed by atoms with Crippen molar-refractivity contribution in [1.82, 2.24) is 4.90 Å². The van der Waals surface area contributed by atoms with Crippen LogP contribution in [-0.4, -0.2) is 28.2 Å². The second-order valence-corrected chi connectivity index (χ2v) is 10.8. The summed E-state index contributed by atoms with van der Waals surface area (Å²) < 4.78 is 0. The monoisotopic (exact) mass is 446 g/mol. The van der Waals surface area contributed by atoms with Crippen LogP contribution in [0, 0.1) is 5.41 Å². The fourth-order valence-corrected chi connectivity index (χ4v) is 4.08. The van der Waals surface area contributed by atoms with Gasteiger partial charge in [-0.15, -0.1) is 0 Å². The van der Waals surface area contributed by atoms with Crippen LogP contribution < -0.4 is 0 Å². The predicted molar refractivity (Wildman–Crippen MR) is 124 cm³/mol. The third kappa shape index (κ3) is 4.21. The number of phenolic OH excluding ortho intramolecular Hbond substituents is 1. The molecule has 0 spiro atoms. The van der Waals surface area contributed by atoms with Gasteiger partial charge >= 0.3 is 0 Å². The van der Waals surface area contributed by atoms with E-state index in [0.29, 0.717) is 27.7 Å². The molecule has 0 atom stereocenters. The number of carbonyl (C=O) groups excluding carboxylic acids is 1. The van der Waals surface area contributed by atoms with Crippen LogP contribution in [0.2, 0.25) is 10.0 Å². The largest absolute Gasteiger partial charge is 0.507 e. The molecule has 0 amide bonds. The third-order valence-electron chi connectivity index (χ3n) is 5.46. The number of ketones is 1. The van der Waals surface area contributed by atoms with Gasteiger partial charge in [-0.2, -0.15) is 0 Å². The van der Waals surface area contributed by atoms with E-state index in [1.54, 1.807) is 29.2 Å². The number of hydrogen-bond acceptors (Lipinski definition) is 3. The van der Waals surface area contributed by atoms with E-state index in [1.165, 1.54) is 0 Å². The number of nitrogens with zero attached hydrogens (tertiary/aromatic N) is 1. The Hall–Kier alpha value is -2.04. The second-order valence-electron chi connectivity index (χ2n) is 9.97. The van der Waals surface area contributed by atoms with Crippen LogP contribution in [0.4, 0.5) is 0 Å². The van der Waals surface area contributed by atoms with E-state index in [0.717, 1.165) is 16.7 Å². The van der Waals surface area contributed by atoms with Crippen molar-refractivity contribution in [1.29, 1.82) is 5.41 Å². The van der Waals surface area contributed by atoms with Crippen LogP contribution in [0.1, 0.15) is 74.2 Å². The van der Waals surface area contributed by atoms with Gasteiger partial charge in [0.1, 0.15) is 11.6 Å². The van der Waals surface area contributed by atoms with Gasteiger partial charge in [-0.1, -0.05) is 64.7 Å². The van der Waals surface area contributed by atoms with Gasteiger partial charge in [0.2, 0.25) is 0 Å². The Morgan fingerprint density at radius 1 is 1.00 bits per heavy atom. The Morgan fingerprint density at radius 2 is 1.50 bits per heavy atom. The molecule has 30 heavy (non-hydrogen) atoms. The summed E-state index contributed by atoms with van der Waals surface area (Å²) >= 11 is 12.2. The molecule has 6 heteroatoms. The van der Waals surface area contributed by atoms with Crippen molar-refractivity contribution in [2.24, 2.45) is 0 Å². The maximum atomic E-state index is 13.2. The lowest BCUT2D eigenvalue weighted by molar-refractivity contribution is 0.0962. The molecule has 3 rings (SSSR count). The predicted octanol–water partition coefficient (Wildman–Crippen LogP) is 6.32. The van der Waals surface area contributed by atoms with E-state index in [1.807, 2.05) is 41.5 Å². The zero-order valence-electron chi connectivity index (χ0n) is 18.3. The summed E-state index contributed by atoms with van der Waals surface area (Å²) in [7, 11) is 0. The first-order valence-electron chi connectivity index (χ1n) is 9.93. The summed E-state index contributed by atoms with van der Waals surface area (Å²) in [6.45, 7) is 12.6. The average molecular weight is 447 g/mol. The number of benzene rings is 2. The van der Waals surface area contributed by atoms with Crippen molar-refractivity contribution in [3.63, 3.8) is 0 Å². The van der Waals surface area contributed by atoms with Crippen LogP contribution in [0.15, 0.2) is 24.3 Å². The lowest BCUT2D eigenvalue weighted by Gasteiger charge is -2.28. The zero-order chi connectivity index (χ0) is 22.6. The molecule has 4 nitrogen and oxygen atoms in total. The van der Waals surface area contributed by atoms with E-state index in [4.69, 9.17) is 28.6 Å². The molecule has 2 N–H and O–H groups in total. The molecular weight excluding hydrogens is 419 g/mol. The number of nitrogens with one attached hydrogen (secondary N) is 1. The molecule has 0 fully saturated rings. The average Bonchev–Trinajstić information content (AvgIpc) is 2.88. The Bertz CT molecular complexity index is 1010. The molecule has 2 aromatic rings. The maximum Gasteiger partial charge on any atom is 0.182 e. The van der Waals surface area contributed by atoms with Gasteiger partial charge in [0.05, 0.1) is 16.6 Å². The zero-order valence-corrected chi connectivity index (χ0v) is 19.8. The molecule has 0 radical (unpaired) electrons. The highest BCUT2D eigenvalue weighted by molar-refractivity contribution is 6.42. The minimum atomic E-state index is -0.315. The lowest BCUT2D eigenvalue weighted by atomic mass is 9.78. The Labute approximate surface area is 188 Å². The standard InChI is InChI=1S/C24H28Cl2N2O2/c1-23(2,3)16-7-13(8-17(21(16)30)24(4,5)6)20(29)12-28-11-14-9-18(25)19(26)10-15(14)22(28)27/h7-10,27,30H,11-12H2,1-6H3. The first-order valence-corrected chi connectivity index (χ1v) is 10.7. The minimum absolute atomic E-state index is 0.0701. The van der Waals surface area contributed by atoms with Crippen molar-refractivity contribution < 1.29 is 9.90 Å². The SMILES string of the molecule is CC(C)(C)c1cc(C(=O)CN2Cc3cc(Cl)c(Cl)cc3C2=N)cc(C(C)(C)C)c1O. The number of Topliss-reactive ketones (excluding diaryl/α,β-unsaturated/α-hetero) is 1.